The van der Waals surface area contributed by atoms with E-state index in [2.05, 4.69) is 20.3 Å². The van der Waals surface area contributed by atoms with E-state index in [0.717, 1.165) is 22.2 Å². The number of aromatic amines is 1. The molecule has 2 N–H and O–H groups in total. The molecule has 0 bridgehead atoms. The summed E-state index contributed by atoms with van der Waals surface area (Å²) < 4.78 is 13.6. The van der Waals surface area contributed by atoms with Gasteiger partial charge in [0.05, 0.1) is 5.69 Å². The Kier molecular flexibility index (Phi) is 3.55. The lowest BCUT2D eigenvalue weighted by Crippen LogP contribution is -2.15. The number of pyridine rings is 1. The Hall–Kier alpha value is -3.06. The van der Waals surface area contributed by atoms with Crippen LogP contribution in [0.2, 0.25) is 0 Å². The number of fused-ring (bicyclic) bond motifs is 1. The van der Waals surface area contributed by atoms with Crippen molar-refractivity contribution < 1.29 is 9.18 Å². The third-order valence-electron chi connectivity index (χ3n) is 3.56. The molecule has 118 valence electrons. The van der Waals surface area contributed by atoms with Gasteiger partial charge in [0.25, 0.3) is 5.91 Å². The molecule has 0 aliphatic rings. The quantitative estimate of drug-likeness (QED) is 0.591. The SMILES string of the molecule is O=C(Nc1nc(-c2c[nH]c3ccccc23)cs1)c1ncccc1F. The van der Waals surface area contributed by atoms with Gasteiger partial charge in [-0.05, 0) is 18.2 Å². The second-order valence-corrected chi connectivity index (χ2v) is 5.93. The maximum absolute atomic E-state index is 13.6. The van der Waals surface area contributed by atoms with Crippen molar-refractivity contribution in [1.82, 2.24) is 15.0 Å². The number of benzene rings is 1. The minimum Gasteiger partial charge on any atom is -0.360 e. The van der Waals surface area contributed by atoms with Gasteiger partial charge in [-0.25, -0.2) is 14.4 Å². The van der Waals surface area contributed by atoms with Crippen LogP contribution in [0.3, 0.4) is 0 Å². The average Bonchev–Trinajstić information content (AvgIpc) is 3.21. The number of amides is 1. The van der Waals surface area contributed by atoms with Gasteiger partial charge in [0.1, 0.15) is 0 Å². The lowest BCUT2D eigenvalue weighted by atomic mass is 10.1. The van der Waals surface area contributed by atoms with Crippen molar-refractivity contribution in [2.45, 2.75) is 0 Å². The maximum Gasteiger partial charge on any atom is 0.279 e. The summed E-state index contributed by atoms with van der Waals surface area (Å²) in [6.07, 6.45) is 3.25. The van der Waals surface area contributed by atoms with Crippen LogP contribution < -0.4 is 5.32 Å². The molecule has 0 atom stereocenters. The predicted octanol–water partition coefficient (Wildman–Crippen LogP) is 4.08. The monoisotopic (exact) mass is 338 g/mol. The summed E-state index contributed by atoms with van der Waals surface area (Å²) in [5, 5.41) is 5.88. The van der Waals surface area contributed by atoms with Gasteiger partial charge in [0, 0.05) is 34.2 Å². The average molecular weight is 338 g/mol. The first kappa shape index (κ1) is 14.5. The number of nitrogens with zero attached hydrogens (tertiary/aromatic N) is 2. The third kappa shape index (κ3) is 2.55. The molecule has 4 rings (SSSR count). The zero-order valence-electron chi connectivity index (χ0n) is 12.3. The number of halogens is 1. The van der Waals surface area contributed by atoms with Crippen LogP contribution in [-0.4, -0.2) is 20.9 Å². The van der Waals surface area contributed by atoms with Gasteiger partial charge in [0.2, 0.25) is 0 Å². The summed E-state index contributed by atoms with van der Waals surface area (Å²) in [5.74, 6) is -1.28. The second-order valence-electron chi connectivity index (χ2n) is 5.07. The molecule has 4 aromatic rings. The van der Waals surface area contributed by atoms with Crippen molar-refractivity contribution in [3.8, 4) is 11.3 Å². The first-order valence-electron chi connectivity index (χ1n) is 7.16. The minimum atomic E-state index is -0.664. The Labute approximate surface area is 140 Å². The van der Waals surface area contributed by atoms with Crippen molar-refractivity contribution in [1.29, 1.82) is 0 Å². The zero-order chi connectivity index (χ0) is 16.5. The number of hydrogen-bond acceptors (Lipinski definition) is 4. The van der Waals surface area contributed by atoms with E-state index in [1.807, 2.05) is 35.8 Å². The summed E-state index contributed by atoms with van der Waals surface area (Å²) in [6.45, 7) is 0. The largest absolute Gasteiger partial charge is 0.360 e. The zero-order valence-corrected chi connectivity index (χ0v) is 13.1. The highest BCUT2D eigenvalue weighted by atomic mass is 32.1. The Bertz CT molecular complexity index is 1040. The molecule has 0 spiro atoms. The summed E-state index contributed by atoms with van der Waals surface area (Å²) in [6, 6.07) is 10.5. The lowest BCUT2D eigenvalue weighted by Gasteiger charge is -2.01. The fraction of sp³-hybridized carbons (Fsp3) is 0. The molecule has 1 amide bonds. The van der Waals surface area contributed by atoms with Crippen LogP contribution >= 0.6 is 11.3 Å². The summed E-state index contributed by atoms with van der Waals surface area (Å²) in [7, 11) is 0. The number of thiazole rings is 1. The van der Waals surface area contributed by atoms with E-state index < -0.39 is 11.7 Å². The number of hydrogen-bond donors (Lipinski definition) is 2. The highest BCUT2D eigenvalue weighted by Crippen LogP contribution is 2.31. The number of carbonyl (C=O) groups is 1. The minimum absolute atomic E-state index is 0.249. The molecule has 0 fully saturated rings. The van der Waals surface area contributed by atoms with Gasteiger partial charge < -0.3 is 4.98 Å². The van der Waals surface area contributed by atoms with Crippen LogP contribution in [0.15, 0.2) is 54.2 Å². The standard InChI is InChI=1S/C17H11FN4OS/c18-12-5-3-7-19-15(12)16(23)22-17-21-14(9-24-17)11-8-20-13-6-2-1-4-10(11)13/h1-9,20H,(H,21,22,23). The third-order valence-corrected chi connectivity index (χ3v) is 4.32. The smallest absolute Gasteiger partial charge is 0.279 e. The van der Waals surface area contributed by atoms with Gasteiger partial charge >= 0.3 is 0 Å². The number of carbonyl (C=O) groups excluding carboxylic acids is 1. The molecule has 3 heterocycles. The molecule has 0 saturated carbocycles. The molecule has 24 heavy (non-hydrogen) atoms. The van der Waals surface area contributed by atoms with Crippen molar-refractivity contribution in [2.24, 2.45) is 0 Å². The van der Waals surface area contributed by atoms with Gasteiger partial charge in [-0.3, -0.25) is 10.1 Å². The Morgan fingerprint density at radius 1 is 1.21 bits per heavy atom. The number of nitrogens with one attached hydrogen (secondary N) is 2. The Balaban J connectivity index is 1.61. The molecule has 0 unspecified atom stereocenters. The lowest BCUT2D eigenvalue weighted by molar-refractivity contribution is 0.101. The van der Waals surface area contributed by atoms with E-state index in [-0.39, 0.29) is 5.69 Å². The Morgan fingerprint density at radius 3 is 2.96 bits per heavy atom. The van der Waals surface area contributed by atoms with Crippen LogP contribution in [0.4, 0.5) is 9.52 Å². The molecule has 1 aromatic carbocycles. The van der Waals surface area contributed by atoms with E-state index >= 15 is 0 Å². The van der Waals surface area contributed by atoms with E-state index in [1.54, 1.807) is 0 Å². The van der Waals surface area contributed by atoms with Crippen molar-refractivity contribution in [2.75, 3.05) is 5.32 Å². The highest BCUT2D eigenvalue weighted by molar-refractivity contribution is 7.14. The van der Waals surface area contributed by atoms with Crippen LogP contribution in [-0.2, 0) is 0 Å². The first-order valence-corrected chi connectivity index (χ1v) is 8.04. The summed E-state index contributed by atoms with van der Waals surface area (Å²) in [5.41, 5.74) is 2.46. The number of para-hydroxylation sites is 1. The van der Waals surface area contributed by atoms with Crippen LogP contribution in [0.25, 0.3) is 22.2 Å². The van der Waals surface area contributed by atoms with E-state index in [9.17, 15) is 9.18 Å². The molecular weight excluding hydrogens is 327 g/mol. The van der Waals surface area contributed by atoms with Crippen molar-refractivity contribution in [3.63, 3.8) is 0 Å². The molecule has 3 aromatic heterocycles. The first-order chi connectivity index (χ1) is 11.7. The number of H-pyrrole nitrogens is 1. The molecule has 0 radical (unpaired) electrons. The maximum atomic E-state index is 13.6. The molecule has 7 heteroatoms. The van der Waals surface area contributed by atoms with Crippen LogP contribution in [0.1, 0.15) is 10.5 Å². The fourth-order valence-electron chi connectivity index (χ4n) is 2.45. The van der Waals surface area contributed by atoms with Crippen LogP contribution in [0.5, 0.6) is 0 Å². The normalized spacial score (nSPS) is 10.9. The topological polar surface area (TPSA) is 70.7 Å². The fourth-order valence-corrected chi connectivity index (χ4v) is 3.15. The molecule has 0 saturated heterocycles. The molecule has 5 nitrogen and oxygen atoms in total. The van der Waals surface area contributed by atoms with Crippen LogP contribution in [0, 0.1) is 5.82 Å². The molecule has 0 aliphatic heterocycles. The van der Waals surface area contributed by atoms with Gasteiger partial charge in [-0.1, -0.05) is 18.2 Å². The van der Waals surface area contributed by atoms with Gasteiger partial charge in [-0.2, -0.15) is 0 Å². The van der Waals surface area contributed by atoms with E-state index in [1.165, 1.54) is 29.7 Å². The number of aromatic nitrogens is 3. The van der Waals surface area contributed by atoms with Gasteiger partial charge in [0.15, 0.2) is 16.6 Å². The second kappa shape index (κ2) is 5.86. The van der Waals surface area contributed by atoms with Crippen molar-refractivity contribution >= 4 is 33.3 Å². The highest BCUT2D eigenvalue weighted by Gasteiger charge is 2.15. The van der Waals surface area contributed by atoms with Crippen molar-refractivity contribution in [3.05, 3.63) is 65.7 Å². The number of anilines is 1. The summed E-state index contributed by atoms with van der Waals surface area (Å²) >= 11 is 1.28. The van der Waals surface area contributed by atoms with E-state index in [0.29, 0.717) is 5.13 Å². The molecule has 0 aliphatic carbocycles. The summed E-state index contributed by atoms with van der Waals surface area (Å²) in [4.78, 5) is 23.4. The number of rotatable bonds is 3. The Morgan fingerprint density at radius 2 is 2.08 bits per heavy atom. The van der Waals surface area contributed by atoms with E-state index in [4.69, 9.17) is 0 Å². The molecular formula is C17H11FN4OS. The van der Waals surface area contributed by atoms with Gasteiger partial charge in [-0.15, -0.1) is 11.3 Å². The predicted molar refractivity (Wildman–Crippen MR) is 91.6 cm³/mol.